The molecule has 0 spiro atoms. The second kappa shape index (κ2) is 12.7. The number of hydrogen-bond acceptors (Lipinski definition) is 10. The largest absolute Gasteiger partial charge is 0.478 e. The maximum Gasteiger partial charge on any atom is 0.331 e. The quantitative estimate of drug-likeness (QED) is 0.291. The van der Waals surface area contributed by atoms with Gasteiger partial charge < -0.3 is 28.8 Å². The molecule has 11 nitrogen and oxygen atoms in total. The Morgan fingerprint density at radius 2 is 1.29 bits per heavy atom. The van der Waals surface area contributed by atoms with Gasteiger partial charge in [0.2, 0.25) is 0 Å². The number of rotatable bonds is 10. The zero-order valence-electron chi connectivity index (χ0n) is 17.9. The molecule has 1 fully saturated rings. The zero-order chi connectivity index (χ0) is 23.6. The van der Waals surface area contributed by atoms with Crippen LogP contribution in [0.25, 0.3) is 0 Å². The maximum atomic E-state index is 12.0. The fourth-order valence-electron chi connectivity index (χ4n) is 2.73. The molecule has 1 saturated heterocycles. The second-order valence-corrected chi connectivity index (χ2v) is 6.61. The molecule has 174 valence electrons. The molecule has 1 aliphatic heterocycles. The lowest BCUT2D eigenvalue weighted by molar-refractivity contribution is -0.250. The van der Waals surface area contributed by atoms with Gasteiger partial charge in [-0.05, 0) is 6.92 Å². The first kappa shape index (κ1) is 26.1. The van der Waals surface area contributed by atoms with Gasteiger partial charge in [0.15, 0.2) is 18.3 Å². The molecule has 1 aliphatic rings. The molecule has 0 unspecified atom stereocenters. The second-order valence-electron chi connectivity index (χ2n) is 6.61. The first-order valence-electron chi connectivity index (χ1n) is 9.94. The minimum atomic E-state index is -1.33. The minimum Gasteiger partial charge on any atom is -0.478 e. The van der Waals surface area contributed by atoms with E-state index in [2.05, 4.69) is 0 Å². The molecule has 0 aromatic rings. The Bertz CT molecular complexity index is 699. The van der Waals surface area contributed by atoms with E-state index in [1.165, 1.54) is 0 Å². The van der Waals surface area contributed by atoms with Gasteiger partial charge in [-0.25, -0.2) is 9.59 Å². The van der Waals surface area contributed by atoms with Gasteiger partial charge in [0.1, 0.15) is 12.7 Å². The maximum absolute atomic E-state index is 12.0. The summed E-state index contributed by atoms with van der Waals surface area (Å²) in [7, 11) is 0. The van der Waals surface area contributed by atoms with Crippen molar-refractivity contribution in [1.82, 2.24) is 0 Å². The first-order valence-corrected chi connectivity index (χ1v) is 9.94. The van der Waals surface area contributed by atoms with E-state index < -0.39 is 67.0 Å². The number of aliphatic carboxylic acids is 1. The van der Waals surface area contributed by atoms with Crippen molar-refractivity contribution in [3.05, 3.63) is 12.2 Å². The third-order valence-corrected chi connectivity index (χ3v) is 4.29. The van der Waals surface area contributed by atoms with E-state index in [4.69, 9.17) is 28.8 Å². The molecule has 0 amide bonds. The lowest BCUT2D eigenvalue weighted by atomic mass is 9.95. The standard InChI is InChI=1S/C20H28O11/c1-5-14(23)29-18-11(4)28-12(10-27-17(26)9-8-13(21)22)19(30-15(24)6-2)20(18)31-16(25)7-3/h8-9,11-12,18-20H,5-7,10H2,1-4H3,(H,21,22)/b9-8+/t11-,12-,18+,19-,20+/m0/s1. The Morgan fingerprint density at radius 1 is 0.806 bits per heavy atom. The van der Waals surface area contributed by atoms with Gasteiger partial charge in [-0.15, -0.1) is 0 Å². The molecular formula is C20H28O11. The summed E-state index contributed by atoms with van der Waals surface area (Å²) >= 11 is 0. The molecule has 0 radical (unpaired) electrons. The molecular weight excluding hydrogens is 416 g/mol. The van der Waals surface area contributed by atoms with Crippen molar-refractivity contribution in [2.75, 3.05) is 6.61 Å². The van der Waals surface area contributed by atoms with E-state index in [-0.39, 0.29) is 19.3 Å². The molecule has 0 aliphatic carbocycles. The molecule has 0 bridgehead atoms. The number of carboxylic acid groups (broad SMARTS) is 1. The lowest BCUT2D eigenvalue weighted by Gasteiger charge is -2.43. The van der Waals surface area contributed by atoms with E-state index in [0.717, 1.165) is 0 Å². The number of carbonyl (C=O) groups excluding carboxylic acids is 4. The van der Waals surface area contributed by atoms with Crippen molar-refractivity contribution in [3.8, 4) is 0 Å². The topological polar surface area (TPSA) is 152 Å². The van der Waals surface area contributed by atoms with Crippen LogP contribution in [0, 0.1) is 0 Å². The summed E-state index contributed by atoms with van der Waals surface area (Å²) in [4.78, 5) is 58.1. The lowest BCUT2D eigenvalue weighted by Crippen LogP contribution is -2.61. The summed E-state index contributed by atoms with van der Waals surface area (Å²) in [5.41, 5.74) is 0. The number of carboxylic acids is 1. The summed E-state index contributed by atoms with van der Waals surface area (Å²) in [6.45, 7) is 5.85. The molecule has 0 saturated carbocycles. The van der Waals surface area contributed by atoms with Crippen molar-refractivity contribution in [2.24, 2.45) is 0 Å². The number of hydrogen-bond donors (Lipinski definition) is 1. The van der Waals surface area contributed by atoms with Crippen LogP contribution >= 0.6 is 0 Å². The van der Waals surface area contributed by atoms with Crippen LogP contribution in [-0.4, -0.2) is 72.1 Å². The van der Waals surface area contributed by atoms with Crippen LogP contribution in [0.1, 0.15) is 47.0 Å². The number of carbonyl (C=O) groups is 5. The van der Waals surface area contributed by atoms with Crippen molar-refractivity contribution >= 4 is 29.8 Å². The average molecular weight is 444 g/mol. The van der Waals surface area contributed by atoms with Gasteiger partial charge in [-0.2, -0.15) is 0 Å². The summed E-state index contributed by atoms with van der Waals surface area (Å²) in [5, 5.41) is 8.58. The predicted octanol–water partition coefficient (Wildman–Crippen LogP) is 0.923. The first-order chi connectivity index (χ1) is 14.6. The van der Waals surface area contributed by atoms with Gasteiger partial charge in [0, 0.05) is 31.4 Å². The molecule has 0 aromatic heterocycles. The molecule has 1 N–H and O–H groups in total. The molecule has 31 heavy (non-hydrogen) atoms. The van der Waals surface area contributed by atoms with Crippen LogP contribution < -0.4 is 0 Å². The fourth-order valence-corrected chi connectivity index (χ4v) is 2.73. The van der Waals surface area contributed by atoms with Crippen LogP contribution in [0.15, 0.2) is 12.2 Å². The third kappa shape index (κ3) is 8.36. The van der Waals surface area contributed by atoms with E-state index in [0.29, 0.717) is 12.2 Å². The minimum absolute atomic E-state index is 0.00771. The Labute approximate surface area is 179 Å². The van der Waals surface area contributed by atoms with E-state index in [1.807, 2.05) is 0 Å². The third-order valence-electron chi connectivity index (χ3n) is 4.29. The Hall–Kier alpha value is -2.95. The summed E-state index contributed by atoms with van der Waals surface area (Å²) in [6, 6.07) is 0. The fraction of sp³-hybridized carbons (Fsp3) is 0.650. The summed E-state index contributed by atoms with van der Waals surface area (Å²) in [6.07, 6.45) is -3.92. The van der Waals surface area contributed by atoms with Crippen LogP contribution in [0.2, 0.25) is 0 Å². The molecule has 11 heteroatoms. The summed E-state index contributed by atoms with van der Waals surface area (Å²) in [5.74, 6) is -4.11. The van der Waals surface area contributed by atoms with Crippen molar-refractivity contribution in [3.63, 3.8) is 0 Å². The molecule has 5 atom stereocenters. The highest BCUT2D eigenvalue weighted by atomic mass is 16.7. The van der Waals surface area contributed by atoms with Gasteiger partial charge in [-0.3, -0.25) is 14.4 Å². The molecule has 0 aromatic carbocycles. The van der Waals surface area contributed by atoms with Crippen LogP contribution in [0.3, 0.4) is 0 Å². The van der Waals surface area contributed by atoms with E-state index >= 15 is 0 Å². The molecule has 1 heterocycles. The van der Waals surface area contributed by atoms with Crippen LogP contribution in [0.4, 0.5) is 0 Å². The number of esters is 4. The number of ether oxygens (including phenoxy) is 5. The zero-order valence-corrected chi connectivity index (χ0v) is 17.9. The highest BCUT2D eigenvalue weighted by Gasteiger charge is 2.51. The summed E-state index contributed by atoms with van der Waals surface area (Å²) < 4.78 is 27.0. The average Bonchev–Trinajstić information content (AvgIpc) is 2.74. The predicted molar refractivity (Wildman–Crippen MR) is 103 cm³/mol. The highest BCUT2D eigenvalue weighted by molar-refractivity contribution is 5.90. The SMILES string of the molecule is CCC(=O)O[C@H]1[C@@H](OC(=O)CC)[C@H](COC(=O)/C=C/C(=O)O)O[C@@H](C)[C@H]1OC(=O)CC. The van der Waals surface area contributed by atoms with Crippen molar-refractivity contribution in [2.45, 2.75) is 77.5 Å². The van der Waals surface area contributed by atoms with Gasteiger partial charge in [0.25, 0.3) is 0 Å². The normalized spacial score (nSPS) is 25.5. The Balaban J connectivity index is 3.16. The van der Waals surface area contributed by atoms with Gasteiger partial charge in [0.05, 0.1) is 6.10 Å². The van der Waals surface area contributed by atoms with Crippen molar-refractivity contribution < 1.29 is 52.8 Å². The van der Waals surface area contributed by atoms with E-state index in [9.17, 15) is 24.0 Å². The van der Waals surface area contributed by atoms with Crippen molar-refractivity contribution in [1.29, 1.82) is 0 Å². The Morgan fingerprint density at radius 3 is 1.77 bits per heavy atom. The monoisotopic (exact) mass is 444 g/mol. The van der Waals surface area contributed by atoms with Gasteiger partial charge >= 0.3 is 29.8 Å². The smallest absolute Gasteiger partial charge is 0.331 e. The van der Waals surface area contributed by atoms with Gasteiger partial charge in [-0.1, -0.05) is 20.8 Å². The highest BCUT2D eigenvalue weighted by Crippen LogP contribution is 2.29. The Kier molecular flexibility index (Phi) is 10.7. The van der Waals surface area contributed by atoms with Crippen LogP contribution in [0.5, 0.6) is 0 Å². The van der Waals surface area contributed by atoms with E-state index in [1.54, 1.807) is 27.7 Å². The molecule has 1 rings (SSSR count). The van der Waals surface area contributed by atoms with Crippen LogP contribution in [-0.2, 0) is 47.7 Å².